The lowest BCUT2D eigenvalue weighted by molar-refractivity contribution is 0.297. The van der Waals surface area contributed by atoms with Gasteiger partial charge in [0.1, 0.15) is 0 Å². The average molecular weight is 298 g/mol. The smallest absolute Gasteiger partial charge is 0.172 e. The number of nitrogens with two attached hydrogens (primary N) is 1. The number of rotatable bonds is 5. The van der Waals surface area contributed by atoms with Crippen molar-refractivity contribution in [1.29, 1.82) is 0 Å². The van der Waals surface area contributed by atoms with Gasteiger partial charge in [0.25, 0.3) is 0 Å². The van der Waals surface area contributed by atoms with Crippen molar-refractivity contribution in [2.45, 2.75) is 31.7 Å². The first-order valence-corrected chi connectivity index (χ1v) is 7.20. The van der Waals surface area contributed by atoms with Crippen molar-refractivity contribution in [2.75, 3.05) is 18.1 Å². The average Bonchev–Trinajstić information content (AvgIpc) is 2.98. The molecule has 6 heteroatoms. The van der Waals surface area contributed by atoms with Crippen LogP contribution in [0.3, 0.4) is 0 Å². The highest BCUT2D eigenvalue weighted by Gasteiger charge is 2.25. The Kier molecular flexibility index (Phi) is 5.09. The monoisotopic (exact) mass is 297 g/mol. The van der Waals surface area contributed by atoms with Gasteiger partial charge in [-0.3, -0.25) is 0 Å². The van der Waals surface area contributed by atoms with Gasteiger partial charge < -0.3 is 20.9 Å². The first-order chi connectivity index (χ1) is 9.67. The molecule has 0 saturated heterocycles. The second kappa shape index (κ2) is 6.81. The summed E-state index contributed by atoms with van der Waals surface area (Å²) in [5.41, 5.74) is 7.20. The highest BCUT2D eigenvalue weighted by Crippen LogP contribution is 2.31. The maximum absolute atomic E-state index is 9.32. The summed E-state index contributed by atoms with van der Waals surface area (Å²) in [6.07, 6.45) is 4.58. The van der Waals surface area contributed by atoms with Crippen LogP contribution in [-0.2, 0) is 0 Å². The van der Waals surface area contributed by atoms with E-state index in [0.717, 1.165) is 18.5 Å². The molecule has 0 unspecified atom stereocenters. The summed E-state index contributed by atoms with van der Waals surface area (Å²) in [5, 5.41) is 21.9. The van der Waals surface area contributed by atoms with Gasteiger partial charge in [0.15, 0.2) is 5.84 Å². The van der Waals surface area contributed by atoms with Crippen molar-refractivity contribution in [1.82, 2.24) is 0 Å². The Balaban J connectivity index is 2.41. The summed E-state index contributed by atoms with van der Waals surface area (Å²) < 4.78 is 0. The van der Waals surface area contributed by atoms with E-state index in [9.17, 15) is 5.11 Å². The fourth-order valence-corrected chi connectivity index (χ4v) is 3.01. The van der Waals surface area contributed by atoms with Gasteiger partial charge in [0, 0.05) is 28.9 Å². The fourth-order valence-electron chi connectivity index (χ4n) is 2.84. The fraction of sp³-hybridized carbons (Fsp3) is 0.500. The SMILES string of the molecule is NC(=NO)c1cc(Cl)ccc1N(CCO)C1CCCC1. The van der Waals surface area contributed by atoms with Gasteiger partial charge >= 0.3 is 0 Å². The molecule has 1 saturated carbocycles. The molecule has 2 rings (SSSR count). The van der Waals surface area contributed by atoms with Gasteiger partial charge in [-0.15, -0.1) is 0 Å². The number of benzene rings is 1. The van der Waals surface area contributed by atoms with Gasteiger partial charge in [-0.25, -0.2) is 0 Å². The number of nitrogens with zero attached hydrogens (tertiary/aromatic N) is 2. The van der Waals surface area contributed by atoms with Crippen molar-refractivity contribution in [3.63, 3.8) is 0 Å². The van der Waals surface area contributed by atoms with Gasteiger partial charge in [-0.1, -0.05) is 29.6 Å². The van der Waals surface area contributed by atoms with E-state index in [4.69, 9.17) is 22.5 Å². The molecule has 0 radical (unpaired) electrons. The Morgan fingerprint density at radius 2 is 2.10 bits per heavy atom. The molecular weight excluding hydrogens is 278 g/mol. The minimum absolute atomic E-state index is 0.0310. The molecule has 5 nitrogen and oxygen atoms in total. The molecule has 0 atom stereocenters. The van der Waals surface area contributed by atoms with Crippen molar-refractivity contribution in [2.24, 2.45) is 10.9 Å². The number of hydrogen-bond acceptors (Lipinski definition) is 4. The predicted octanol–water partition coefficient (Wildman–Crippen LogP) is 2.18. The third kappa shape index (κ3) is 3.16. The molecule has 0 amide bonds. The van der Waals surface area contributed by atoms with Crippen LogP contribution in [0, 0.1) is 0 Å². The molecule has 1 aromatic rings. The van der Waals surface area contributed by atoms with Crippen LogP contribution in [0.15, 0.2) is 23.4 Å². The lowest BCUT2D eigenvalue weighted by Gasteiger charge is -2.32. The zero-order valence-electron chi connectivity index (χ0n) is 11.3. The Morgan fingerprint density at radius 1 is 1.40 bits per heavy atom. The zero-order valence-corrected chi connectivity index (χ0v) is 12.1. The van der Waals surface area contributed by atoms with Gasteiger partial charge in [0.2, 0.25) is 0 Å². The predicted molar refractivity (Wildman–Crippen MR) is 80.7 cm³/mol. The number of anilines is 1. The lowest BCUT2D eigenvalue weighted by Crippen LogP contribution is -2.37. The molecule has 110 valence electrons. The first kappa shape index (κ1) is 14.9. The zero-order chi connectivity index (χ0) is 14.5. The largest absolute Gasteiger partial charge is 0.409 e. The van der Waals surface area contributed by atoms with E-state index < -0.39 is 0 Å². The molecule has 4 N–H and O–H groups in total. The number of halogens is 1. The molecular formula is C14H20ClN3O2. The summed E-state index contributed by atoms with van der Waals surface area (Å²) >= 11 is 6.00. The summed E-state index contributed by atoms with van der Waals surface area (Å²) in [7, 11) is 0. The molecule has 0 spiro atoms. The maximum atomic E-state index is 9.32. The molecule has 1 aromatic carbocycles. The van der Waals surface area contributed by atoms with Crippen molar-refractivity contribution >= 4 is 23.1 Å². The molecule has 0 aromatic heterocycles. The van der Waals surface area contributed by atoms with Gasteiger partial charge in [-0.05, 0) is 31.0 Å². The minimum Gasteiger partial charge on any atom is -0.409 e. The summed E-state index contributed by atoms with van der Waals surface area (Å²) in [4.78, 5) is 2.14. The van der Waals surface area contributed by atoms with Crippen LogP contribution in [-0.4, -0.2) is 35.3 Å². The third-order valence-corrected chi connectivity index (χ3v) is 3.99. The number of aliphatic hydroxyl groups excluding tert-OH is 1. The highest BCUT2D eigenvalue weighted by atomic mass is 35.5. The summed E-state index contributed by atoms with van der Waals surface area (Å²) in [6.45, 7) is 0.590. The number of amidine groups is 1. The second-order valence-corrected chi connectivity index (χ2v) is 5.44. The van der Waals surface area contributed by atoms with Crippen LogP contribution in [0.25, 0.3) is 0 Å². The summed E-state index contributed by atoms with van der Waals surface area (Å²) in [6, 6.07) is 5.72. The summed E-state index contributed by atoms with van der Waals surface area (Å²) in [5.74, 6) is 0.0310. The van der Waals surface area contributed by atoms with E-state index in [1.54, 1.807) is 12.1 Å². The molecule has 1 aliphatic carbocycles. The van der Waals surface area contributed by atoms with Crippen molar-refractivity contribution < 1.29 is 10.3 Å². The van der Waals surface area contributed by atoms with E-state index in [2.05, 4.69) is 10.1 Å². The van der Waals surface area contributed by atoms with E-state index in [-0.39, 0.29) is 12.4 Å². The van der Waals surface area contributed by atoms with E-state index in [1.165, 1.54) is 12.8 Å². The van der Waals surface area contributed by atoms with E-state index in [0.29, 0.717) is 23.2 Å². The Labute approximate surface area is 123 Å². The van der Waals surface area contributed by atoms with Crippen LogP contribution in [0.4, 0.5) is 5.69 Å². The molecule has 0 heterocycles. The Hall–Kier alpha value is -1.46. The van der Waals surface area contributed by atoms with Crippen LogP contribution in [0.1, 0.15) is 31.2 Å². The molecule has 1 aliphatic rings. The molecule has 0 aliphatic heterocycles. The van der Waals surface area contributed by atoms with Crippen LogP contribution < -0.4 is 10.6 Å². The quantitative estimate of drug-likeness (QED) is 0.337. The van der Waals surface area contributed by atoms with E-state index in [1.807, 2.05) is 6.07 Å². The van der Waals surface area contributed by atoms with Crippen LogP contribution >= 0.6 is 11.6 Å². The maximum Gasteiger partial charge on any atom is 0.172 e. The minimum atomic E-state index is 0.0310. The van der Waals surface area contributed by atoms with Crippen LogP contribution in [0.2, 0.25) is 5.02 Å². The number of oxime groups is 1. The number of aliphatic hydroxyl groups is 1. The van der Waals surface area contributed by atoms with Gasteiger partial charge in [-0.2, -0.15) is 0 Å². The lowest BCUT2D eigenvalue weighted by atomic mass is 10.1. The topological polar surface area (TPSA) is 82.1 Å². The third-order valence-electron chi connectivity index (χ3n) is 3.76. The van der Waals surface area contributed by atoms with Crippen molar-refractivity contribution in [3.05, 3.63) is 28.8 Å². The van der Waals surface area contributed by atoms with Crippen LogP contribution in [0.5, 0.6) is 0 Å². The first-order valence-electron chi connectivity index (χ1n) is 6.82. The number of hydrogen-bond donors (Lipinski definition) is 3. The van der Waals surface area contributed by atoms with E-state index >= 15 is 0 Å². The molecule has 0 bridgehead atoms. The van der Waals surface area contributed by atoms with Gasteiger partial charge in [0.05, 0.1) is 6.61 Å². The second-order valence-electron chi connectivity index (χ2n) is 5.00. The molecule has 1 fully saturated rings. The molecule has 20 heavy (non-hydrogen) atoms. The normalized spacial score (nSPS) is 16.6. The standard InChI is InChI=1S/C14H20ClN3O2/c15-10-5-6-13(12(9-10)14(16)17-20)18(7-8-19)11-3-1-2-4-11/h5-6,9,11,19-20H,1-4,7-8H2,(H2,16,17). The Morgan fingerprint density at radius 3 is 2.70 bits per heavy atom. The Bertz CT molecular complexity index is 487. The van der Waals surface area contributed by atoms with Crippen molar-refractivity contribution in [3.8, 4) is 0 Å². The highest BCUT2D eigenvalue weighted by molar-refractivity contribution is 6.31.